The van der Waals surface area contributed by atoms with Gasteiger partial charge in [0.25, 0.3) is 11.8 Å². The molecule has 158 valence electrons. The highest BCUT2D eigenvalue weighted by atomic mass is 16.5. The van der Waals surface area contributed by atoms with Crippen molar-refractivity contribution >= 4 is 23.5 Å². The van der Waals surface area contributed by atoms with Crippen molar-refractivity contribution < 1.29 is 23.5 Å². The van der Waals surface area contributed by atoms with Gasteiger partial charge in [0.05, 0.1) is 6.26 Å². The number of carbonyl (C=O) groups excluding carboxylic acids is 3. The van der Waals surface area contributed by atoms with Gasteiger partial charge >= 0.3 is 5.97 Å². The molecule has 1 unspecified atom stereocenters. The summed E-state index contributed by atoms with van der Waals surface area (Å²) in [4.78, 5) is 38.9. The Morgan fingerprint density at radius 1 is 1.00 bits per heavy atom. The fourth-order valence-corrected chi connectivity index (χ4v) is 3.52. The molecule has 4 rings (SSSR count). The van der Waals surface area contributed by atoms with Gasteiger partial charge in [-0.2, -0.15) is 0 Å². The van der Waals surface area contributed by atoms with Gasteiger partial charge in [-0.05, 0) is 54.8 Å². The van der Waals surface area contributed by atoms with Crippen LogP contribution >= 0.6 is 0 Å². The van der Waals surface area contributed by atoms with E-state index in [0.29, 0.717) is 18.5 Å². The van der Waals surface area contributed by atoms with Crippen molar-refractivity contribution in [3.8, 4) is 0 Å². The van der Waals surface area contributed by atoms with Crippen LogP contribution in [-0.4, -0.2) is 35.3 Å². The normalized spacial score (nSPS) is 15.5. The van der Waals surface area contributed by atoms with Crippen LogP contribution in [0.4, 0.5) is 5.69 Å². The number of esters is 1. The van der Waals surface area contributed by atoms with Crippen LogP contribution < -0.4 is 5.32 Å². The van der Waals surface area contributed by atoms with Crippen molar-refractivity contribution in [2.24, 2.45) is 0 Å². The van der Waals surface area contributed by atoms with Crippen LogP contribution in [-0.2, 0) is 16.1 Å². The maximum absolute atomic E-state index is 12.6. The Morgan fingerprint density at radius 2 is 1.77 bits per heavy atom. The van der Waals surface area contributed by atoms with E-state index in [0.717, 1.165) is 17.7 Å². The van der Waals surface area contributed by atoms with Gasteiger partial charge in [0.15, 0.2) is 5.76 Å². The van der Waals surface area contributed by atoms with E-state index < -0.39 is 12.0 Å². The van der Waals surface area contributed by atoms with E-state index >= 15 is 0 Å². The summed E-state index contributed by atoms with van der Waals surface area (Å²) in [5.74, 6) is -0.751. The van der Waals surface area contributed by atoms with E-state index in [4.69, 9.17) is 9.15 Å². The predicted octanol–water partition coefficient (Wildman–Crippen LogP) is 3.88. The number of likely N-dealkylation sites (tertiary alicyclic amines) is 1. The van der Waals surface area contributed by atoms with Gasteiger partial charge in [-0.25, -0.2) is 4.79 Å². The lowest BCUT2D eigenvalue weighted by molar-refractivity contribution is -0.149. The van der Waals surface area contributed by atoms with Gasteiger partial charge in [0, 0.05) is 17.8 Å². The molecule has 7 nitrogen and oxygen atoms in total. The maximum Gasteiger partial charge on any atom is 0.329 e. The van der Waals surface area contributed by atoms with Crippen LogP contribution in [0.5, 0.6) is 0 Å². The lowest BCUT2D eigenvalue weighted by Gasteiger charge is -2.22. The van der Waals surface area contributed by atoms with Gasteiger partial charge in [-0.15, -0.1) is 0 Å². The van der Waals surface area contributed by atoms with Crippen molar-refractivity contribution in [1.82, 2.24) is 4.90 Å². The molecule has 1 N–H and O–H groups in total. The number of nitrogens with zero attached hydrogens (tertiary/aromatic N) is 1. The summed E-state index contributed by atoms with van der Waals surface area (Å²) in [6.45, 7) is 0.559. The van der Waals surface area contributed by atoms with Crippen molar-refractivity contribution in [1.29, 1.82) is 0 Å². The molecule has 3 aromatic rings. The smallest absolute Gasteiger partial charge is 0.329 e. The molecule has 0 aliphatic carbocycles. The predicted molar refractivity (Wildman–Crippen MR) is 113 cm³/mol. The minimum Gasteiger partial charge on any atom is -0.459 e. The highest BCUT2D eigenvalue weighted by molar-refractivity contribution is 6.04. The van der Waals surface area contributed by atoms with E-state index in [-0.39, 0.29) is 24.2 Å². The summed E-state index contributed by atoms with van der Waals surface area (Å²) in [6, 6.07) is 18.7. The Bertz CT molecular complexity index is 1050. The fraction of sp³-hybridized carbons (Fsp3) is 0.208. The second-order valence-electron chi connectivity index (χ2n) is 7.26. The van der Waals surface area contributed by atoms with E-state index in [2.05, 4.69) is 5.32 Å². The number of para-hydroxylation sites is 1. The SMILES string of the molecule is O=C(Nc1ccccc1)c1ccc(COC(=O)C2CCCN2C(=O)c2ccco2)cc1. The molecule has 1 aromatic heterocycles. The number of anilines is 1. The molecular weight excluding hydrogens is 396 g/mol. The first-order valence-corrected chi connectivity index (χ1v) is 10.1. The number of carbonyl (C=O) groups is 3. The van der Waals surface area contributed by atoms with Crippen molar-refractivity contribution in [2.45, 2.75) is 25.5 Å². The Morgan fingerprint density at radius 3 is 2.48 bits per heavy atom. The van der Waals surface area contributed by atoms with E-state index in [1.165, 1.54) is 11.2 Å². The van der Waals surface area contributed by atoms with Gasteiger partial charge in [0.1, 0.15) is 12.6 Å². The first-order chi connectivity index (χ1) is 15.1. The Labute approximate surface area is 179 Å². The first kappa shape index (κ1) is 20.4. The lowest BCUT2D eigenvalue weighted by Crippen LogP contribution is -2.41. The van der Waals surface area contributed by atoms with Crippen LogP contribution in [0.2, 0.25) is 0 Å². The third-order valence-corrected chi connectivity index (χ3v) is 5.15. The third-order valence-electron chi connectivity index (χ3n) is 5.15. The zero-order chi connectivity index (χ0) is 21.6. The van der Waals surface area contributed by atoms with Crippen molar-refractivity contribution in [2.75, 3.05) is 11.9 Å². The maximum atomic E-state index is 12.6. The summed E-state index contributed by atoms with van der Waals surface area (Å²) in [7, 11) is 0. The molecule has 31 heavy (non-hydrogen) atoms. The summed E-state index contributed by atoms with van der Waals surface area (Å²) < 4.78 is 10.6. The van der Waals surface area contributed by atoms with E-state index in [1.54, 1.807) is 36.4 Å². The van der Waals surface area contributed by atoms with Gasteiger partial charge in [0.2, 0.25) is 0 Å². The van der Waals surface area contributed by atoms with Crippen LogP contribution in [0.3, 0.4) is 0 Å². The van der Waals surface area contributed by atoms with Crippen LogP contribution in [0, 0.1) is 0 Å². The molecule has 0 spiro atoms. The molecule has 1 aliphatic rings. The van der Waals surface area contributed by atoms with Crippen LogP contribution in [0.15, 0.2) is 77.4 Å². The number of ether oxygens (including phenoxy) is 1. The molecule has 2 amide bonds. The average Bonchev–Trinajstić information content (AvgIpc) is 3.50. The molecule has 0 radical (unpaired) electrons. The molecule has 2 heterocycles. The molecular formula is C24H22N2O5. The van der Waals surface area contributed by atoms with E-state index in [1.807, 2.05) is 30.3 Å². The third kappa shape index (κ3) is 4.83. The highest BCUT2D eigenvalue weighted by Crippen LogP contribution is 2.22. The van der Waals surface area contributed by atoms with E-state index in [9.17, 15) is 14.4 Å². The zero-order valence-electron chi connectivity index (χ0n) is 16.8. The monoisotopic (exact) mass is 418 g/mol. The second-order valence-corrected chi connectivity index (χ2v) is 7.26. The fourth-order valence-electron chi connectivity index (χ4n) is 3.52. The molecule has 1 saturated heterocycles. The standard InChI is InChI=1S/C24H22N2O5/c27-22(25-19-6-2-1-3-7-19)18-12-10-17(11-13-18)16-31-24(29)20-8-4-14-26(20)23(28)21-9-5-15-30-21/h1-3,5-7,9-13,15,20H,4,8,14,16H2,(H,25,27). The van der Waals surface area contributed by atoms with Gasteiger partial charge in [-0.1, -0.05) is 30.3 Å². The number of amides is 2. The first-order valence-electron chi connectivity index (χ1n) is 10.1. The van der Waals surface area contributed by atoms with Crippen molar-refractivity contribution in [3.05, 3.63) is 89.9 Å². The largest absolute Gasteiger partial charge is 0.459 e. The minimum absolute atomic E-state index is 0.0682. The minimum atomic E-state index is -0.617. The molecule has 1 fully saturated rings. The molecule has 1 atom stereocenters. The lowest BCUT2D eigenvalue weighted by atomic mass is 10.1. The number of hydrogen-bond acceptors (Lipinski definition) is 5. The molecule has 2 aromatic carbocycles. The van der Waals surface area contributed by atoms with Crippen LogP contribution in [0.25, 0.3) is 0 Å². The van der Waals surface area contributed by atoms with Crippen LogP contribution in [0.1, 0.15) is 39.3 Å². The van der Waals surface area contributed by atoms with Gasteiger partial charge in [-0.3, -0.25) is 9.59 Å². The Hall–Kier alpha value is -3.87. The zero-order valence-corrected chi connectivity index (χ0v) is 16.8. The summed E-state index contributed by atoms with van der Waals surface area (Å²) in [6.07, 6.45) is 2.72. The summed E-state index contributed by atoms with van der Waals surface area (Å²) in [5.41, 5.74) is 1.98. The second kappa shape index (κ2) is 9.30. The highest BCUT2D eigenvalue weighted by Gasteiger charge is 2.36. The van der Waals surface area contributed by atoms with Crippen molar-refractivity contribution in [3.63, 3.8) is 0 Å². The number of rotatable bonds is 6. The molecule has 0 bridgehead atoms. The topological polar surface area (TPSA) is 88.9 Å². The number of benzene rings is 2. The Balaban J connectivity index is 1.32. The Kier molecular flexibility index (Phi) is 6.12. The number of hydrogen-bond donors (Lipinski definition) is 1. The average molecular weight is 418 g/mol. The summed E-state index contributed by atoms with van der Waals surface area (Å²) >= 11 is 0. The molecule has 0 saturated carbocycles. The number of furan rings is 1. The molecule has 1 aliphatic heterocycles. The van der Waals surface area contributed by atoms with Gasteiger partial charge < -0.3 is 19.4 Å². The quantitative estimate of drug-likeness (QED) is 0.614. The summed E-state index contributed by atoms with van der Waals surface area (Å²) in [5, 5.41) is 2.82. The number of nitrogens with one attached hydrogen (secondary N) is 1. The molecule has 7 heteroatoms.